The van der Waals surface area contributed by atoms with E-state index in [9.17, 15) is 0 Å². The van der Waals surface area contributed by atoms with Crippen LogP contribution in [0.5, 0.6) is 5.75 Å². The van der Waals surface area contributed by atoms with E-state index in [0.29, 0.717) is 10.9 Å². The lowest BCUT2D eigenvalue weighted by Crippen LogP contribution is -2.05. The maximum atomic E-state index is 5.77. The van der Waals surface area contributed by atoms with Crippen molar-refractivity contribution < 1.29 is 4.74 Å². The molecule has 0 aromatic heterocycles. The van der Waals surface area contributed by atoms with Crippen LogP contribution < -0.4 is 4.74 Å². The van der Waals surface area contributed by atoms with E-state index in [1.165, 1.54) is 49.7 Å². The zero-order valence-corrected chi connectivity index (χ0v) is 13.3. The van der Waals surface area contributed by atoms with Gasteiger partial charge < -0.3 is 4.74 Å². The van der Waals surface area contributed by atoms with E-state index in [2.05, 4.69) is 41.1 Å². The zero-order chi connectivity index (χ0) is 13.2. The number of benzene rings is 1. The van der Waals surface area contributed by atoms with Crippen molar-refractivity contribution in [1.29, 1.82) is 0 Å². The van der Waals surface area contributed by atoms with Gasteiger partial charge in [-0.15, -0.1) is 0 Å². The maximum Gasteiger partial charge on any atom is 0.123 e. The molecule has 104 valence electrons. The highest BCUT2D eigenvalue weighted by Crippen LogP contribution is 2.37. The van der Waals surface area contributed by atoms with Gasteiger partial charge in [0.1, 0.15) is 11.9 Å². The Hall–Kier alpha value is -0.500. The molecule has 3 rings (SSSR count). The van der Waals surface area contributed by atoms with Gasteiger partial charge in [-0.3, -0.25) is 0 Å². The third-order valence-corrected chi connectivity index (χ3v) is 5.57. The van der Waals surface area contributed by atoms with Crippen molar-refractivity contribution in [3.05, 3.63) is 29.3 Å². The third kappa shape index (κ3) is 3.16. The third-order valence-electron chi connectivity index (χ3n) is 4.58. The van der Waals surface area contributed by atoms with Crippen LogP contribution in [0.15, 0.2) is 18.2 Å². The molecule has 0 saturated heterocycles. The van der Waals surface area contributed by atoms with Crippen LogP contribution >= 0.6 is 15.9 Å². The molecule has 0 amide bonds. The summed E-state index contributed by atoms with van der Waals surface area (Å²) >= 11 is 3.88. The van der Waals surface area contributed by atoms with Crippen LogP contribution in [-0.2, 0) is 6.42 Å². The minimum Gasteiger partial charge on any atom is -0.490 e. The Morgan fingerprint density at radius 1 is 1.32 bits per heavy atom. The second-order valence-electron chi connectivity index (χ2n) is 6.20. The molecule has 2 heteroatoms. The summed E-state index contributed by atoms with van der Waals surface area (Å²) in [5.74, 6) is 2.07. The zero-order valence-electron chi connectivity index (χ0n) is 11.7. The van der Waals surface area contributed by atoms with Gasteiger partial charge in [-0.1, -0.05) is 53.7 Å². The van der Waals surface area contributed by atoms with Crippen LogP contribution in [-0.4, -0.2) is 6.10 Å². The number of hydrogen-bond acceptors (Lipinski definition) is 1. The molecule has 1 fully saturated rings. The minimum absolute atomic E-state index is 0.345. The molecule has 1 aromatic carbocycles. The number of rotatable bonds is 4. The fourth-order valence-electron chi connectivity index (χ4n) is 3.48. The van der Waals surface area contributed by atoms with Crippen LogP contribution in [0.1, 0.15) is 61.4 Å². The topological polar surface area (TPSA) is 9.23 Å². The fourth-order valence-corrected chi connectivity index (χ4v) is 4.03. The lowest BCUT2D eigenvalue weighted by molar-refractivity contribution is 0.254. The van der Waals surface area contributed by atoms with Crippen molar-refractivity contribution in [3.63, 3.8) is 0 Å². The molecule has 1 aromatic rings. The number of fused-ring (bicyclic) bond motifs is 1. The summed E-state index contributed by atoms with van der Waals surface area (Å²) in [6, 6.07) is 6.72. The van der Waals surface area contributed by atoms with Crippen LogP contribution in [0.2, 0.25) is 0 Å². The first-order valence-corrected chi connectivity index (χ1v) is 8.57. The first kappa shape index (κ1) is 13.5. The summed E-state index contributed by atoms with van der Waals surface area (Å²) in [4.78, 5) is 0.509. The summed E-state index contributed by atoms with van der Waals surface area (Å²) in [5.41, 5.74) is 2.81. The predicted octanol–water partition coefficient (Wildman–Crippen LogP) is 5.42. The van der Waals surface area contributed by atoms with Crippen LogP contribution in [0.25, 0.3) is 0 Å². The Kier molecular flexibility index (Phi) is 4.16. The Morgan fingerprint density at radius 2 is 2.11 bits per heavy atom. The summed E-state index contributed by atoms with van der Waals surface area (Å²) in [6.45, 7) is 2.14. The van der Waals surface area contributed by atoms with E-state index in [1.807, 2.05) is 0 Å². The van der Waals surface area contributed by atoms with Crippen molar-refractivity contribution in [3.8, 4) is 5.75 Å². The van der Waals surface area contributed by atoms with Gasteiger partial charge in [-0.2, -0.15) is 0 Å². The average molecular weight is 323 g/mol. The molecule has 1 aliphatic heterocycles. The second kappa shape index (κ2) is 5.87. The molecule has 1 saturated carbocycles. The highest BCUT2D eigenvalue weighted by atomic mass is 79.9. The molecular formula is C17H23BrO. The normalized spacial score (nSPS) is 24.2. The van der Waals surface area contributed by atoms with Gasteiger partial charge >= 0.3 is 0 Å². The lowest BCUT2D eigenvalue weighted by atomic mass is 9.97. The quantitative estimate of drug-likeness (QED) is 0.673. The van der Waals surface area contributed by atoms with Gasteiger partial charge in [-0.25, -0.2) is 0 Å². The molecule has 1 nitrogen and oxygen atoms in total. The number of hydrogen-bond donors (Lipinski definition) is 0. The Labute approximate surface area is 124 Å². The Balaban J connectivity index is 1.60. The number of ether oxygens (including phenoxy) is 1. The molecule has 0 radical (unpaired) electrons. The van der Waals surface area contributed by atoms with Gasteiger partial charge in [-0.05, 0) is 42.9 Å². The first-order valence-electron chi connectivity index (χ1n) is 7.66. The van der Waals surface area contributed by atoms with Crippen molar-refractivity contribution in [2.75, 3.05) is 0 Å². The van der Waals surface area contributed by atoms with E-state index >= 15 is 0 Å². The van der Waals surface area contributed by atoms with Gasteiger partial charge in [0.15, 0.2) is 0 Å². The van der Waals surface area contributed by atoms with Gasteiger partial charge in [0, 0.05) is 11.2 Å². The molecule has 0 bridgehead atoms. The number of alkyl halides is 1. The lowest BCUT2D eigenvalue weighted by Gasteiger charge is -2.14. The SMILES string of the molecule is CC1Cc2cc(C(Br)CCC3CCCC3)ccc2O1. The second-order valence-corrected chi connectivity index (χ2v) is 7.30. The van der Waals surface area contributed by atoms with E-state index in [4.69, 9.17) is 4.74 Å². The summed E-state index contributed by atoms with van der Waals surface area (Å²) in [6.07, 6.45) is 9.85. The average Bonchev–Trinajstić information content (AvgIpc) is 3.02. The van der Waals surface area contributed by atoms with Crippen molar-refractivity contribution >= 4 is 15.9 Å². The molecule has 19 heavy (non-hydrogen) atoms. The number of halogens is 1. The molecule has 1 aliphatic carbocycles. The smallest absolute Gasteiger partial charge is 0.123 e. The fraction of sp³-hybridized carbons (Fsp3) is 0.647. The highest BCUT2D eigenvalue weighted by Gasteiger charge is 2.21. The van der Waals surface area contributed by atoms with Crippen LogP contribution in [0.4, 0.5) is 0 Å². The molecule has 0 spiro atoms. The monoisotopic (exact) mass is 322 g/mol. The van der Waals surface area contributed by atoms with Crippen LogP contribution in [0, 0.1) is 5.92 Å². The summed E-state index contributed by atoms with van der Waals surface area (Å²) < 4.78 is 5.77. The standard InChI is InChI=1S/C17H23BrO/c1-12-10-15-11-14(7-9-17(15)19-12)16(18)8-6-13-4-2-3-5-13/h7,9,11-13,16H,2-6,8,10H2,1H3. The molecule has 2 aliphatic rings. The van der Waals surface area contributed by atoms with Gasteiger partial charge in [0.2, 0.25) is 0 Å². The van der Waals surface area contributed by atoms with Crippen molar-refractivity contribution in [2.24, 2.45) is 5.92 Å². The first-order chi connectivity index (χ1) is 9.22. The summed E-state index contributed by atoms with van der Waals surface area (Å²) in [7, 11) is 0. The van der Waals surface area contributed by atoms with E-state index < -0.39 is 0 Å². The molecule has 0 N–H and O–H groups in total. The van der Waals surface area contributed by atoms with Crippen LogP contribution in [0.3, 0.4) is 0 Å². The molecular weight excluding hydrogens is 300 g/mol. The minimum atomic E-state index is 0.345. The summed E-state index contributed by atoms with van der Waals surface area (Å²) in [5, 5.41) is 0. The van der Waals surface area contributed by atoms with Crippen molar-refractivity contribution in [1.82, 2.24) is 0 Å². The largest absolute Gasteiger partial charge is 0.490 e. The van der Waals surface area contributed by atoms with E-state index in [0.717, 1.165) is 18.1 Å². The predicted molar refractivity (Wildman–Crippen MR) is 83.1 cm³/mol. The Morgan fingerprint density at radius 3 is 2.89 bits per heavy atom. The van der Waals surface area contributed by atoms with Gasteiger partial charge in [0.25, 0.3) is 0 Å². The van der Waals surface area contributed by atoms with E-state index in [-0.39, 0.29) is 0 Å². The highest BCUT2D eigenvalue weighted by molar-refractivity contribution is 9.09. The van der Waals surface area contributed by atoms with Gasteiger partial charge in [0.05, 0.1) is 0 Å². The molecule has 2 atom stereocenters. The molecule has 1 heterocycles. The molecule has 2 unspecified atom stereocenters. The van der Waals surface area contributed by atoms with Crippen molar-refractivity contribution in [2.45, 2.75) is 62.8 Å². The Bertz CT molecular complexity index is 437. The maximum absolute atomic E-state index is 5.77. The van der Waals surface area contributed by atoms with E-state index in [1.54, 1.807) is 0 Å².